The lowest BCUT2D eigenvalue weighted by molar-refractivity contribution is -0.138. The van der Waals surface area contributed by atoms with Crippen LogP contribution in [-0.2, 0) is 21.7 Å². The Morgan fingerprint density at radius 1 is 1.22 bits per heavy atom. The minimum Gasteiger partial charge on any atom is -0.466 e. The quantitative estimate of drug-likeness (QED) is 0.820. The van der Waals surface area contributed by atoms with Crippen LogP contribution in [-0.4, -0.2) is 41.2 Å². The lowest BCUT2D eigenvalue weighted by Crippen LogP contribution is -2.43. The van der Waals surface area contributed by atoms with Crippen molar-refractivity contribution in [2.75, 3.05) is 13.6 Å². The molecule has 1 atom stereocenters. The summed E-state index contributed by atoms with van der Waals surface area (Å²) < 4.78 is 5.50. The molecule has 7 nitrogen and oxygen atoms in total. The number of amides is 4. The Hall–Kier alpha value is -3.09. The first-order valence-corrected chi connectivity index (χ1v) is 8.72. The highest BCUT2D eigenvalue weighted by molar-refractivity contribution is 6.09. The molecule has 0 unspecified atom stereocenters. The molecule has 142 valence electrons. The van der Waals surface area contributed by atoms with Crippen LogP contribution < -0.4 is 5.32 Å². The number of carbonyl (C=O) groups is 3. The van der Waals surface area contributed by atoms with E-state index in [9.17, 15) is 14.4 Å². The molecule has 0 aliphatic carbocycles. The fraction of sp³-hybridized carbons (Fsp3) is 0.350. The van der Waals surface area contributed by atoms with E-state index in [1.165, 1.54) is 4.90 Å². The molecule has 4 amide bonds. The van der Waals surface area contributed by atoms with E-state index in [0.29, 0.717) is 23.6 Å². The Labute approximate surface area is 157 Å². The molecule has 0 bridgehead atoms. The van der Waals surface area contributed by atoms with Crippen molar-refractivity contribution in [3.05, 3.63) is 59.0 Å². The normalized spacial score (nSPS) is 19.3. The Balaban J connectivity index is 1.74. The molecule has 1 saturated heterocycles. The highest BCUT2D eigenvalue weighted by Gasteiger charge is 2.51. The van der Waals surface area contributed by atoms with Crippen LogP contribution in [0.15, 0.2) is 40.8 Å². The molecule has 1 aliphatic rings. The Morgan fingerprint density at radius 3 is 2.48 bits per heavy atom. The number of benzene rings is 1. The van der Waals surface area contributed by atoms with Gasteiger partial charge in [0.1, 0.15) is 23.6 Å². The average Bonchev–Trinajstić information content (AvgIpc) is 3.07. The molecule has 0 spiro atoms. The van der Waals surface area contributed by atoms with E-state index in [-0.39, 0.29) is 12.5 Å². The highest BCUT2D eigenvalue weighted by Crippen LogP contribution is 2.32. The maximum atomic E-state index is 12.9. The van der Waals surface area contributed by atoms with Crippen molar-refractivity contribution < 1.29 is 18.8 Å². The molecule has 1 aliphatic heterocycles. The second kappa shape index (κ2) is 6.90. The van der Waals surface area contributed by atoms with Crippen molar-refractivity contribution >= 4 is 17.8 Å². The standard InChI is InChI=1S/C20H23N3O4/c1-13-10-16(14(2)27-13)20(3)18(25)23(19(26)21-20)12-17(24)22(4)11-15-8-6-5-7-9-15/h5-10H,11-12H2,1-4H3,(H,21,26)/t20-/m0/s1. The lowest BCUT2D eigenvalue weighted by Gasteiger charge is -2.22. The number of urea groups is 1. The van der Waals surface area contributed by atoms with Gasteiger partial charge in [-0.25, -0.2) is 4.79 Å². The molecular formula is C20H23N3O4. The summed E-state index contributed by atoms with van der Waals surface area (Å²) in [5.74, 6) is 0.450. The molecule has 1 aromatic heterocycles. The number of hydrogen-bond donors (Lipinski definition) is 1. The third-order valence-corrected chi connectivity index (χ3v) is 4.84. The van der Waals surface area contributed by atoms with Gasteiger partial charge in [0, 0.05) is 19.2 Å². The third kappa shape index (κ3) is 3.45. The predicted octanol–water partition coefficient (Wildman–Crippen LogP) is 2.32. The number of imide groups is 1. The fourth-order valence-corrected chi connectivity index (χ4v) is 3.35. The van der Waals surface area contributed by atoms with E-state index < -0.39 is 17.5 Å². The second-order valence-corrected chi connectivity index (χ2v) is 7.01. The largest absolute Gasteiger partial charge is 0.466 e. The van der Waals surface area contributed by atoms with Gasteiger partial charge in [0.05, 0.1) is 0 Å². The van der Waals surface area contributed by atoms with Crippen LogP contribution in [0.1, 0.15) is 29.6 Å². The van der Waals surface area contributed by atoms with Crippen molar-refractivity contribution in [3.63, 3.8) is 0 Å². The van der Waals surface area contributed by atoms with Gasteiger partial charge in [0.15, 0.2) is 0 Å². The van der Waals surface area contributed by atoms with E-state index in [0.717, 1.165) is 10.5 Å². The van der Waals surface area contributed by atoms with E-state index >= 15 is 0 Å². The van der Waals surface area contributed by atoms with Crippen LogP contribution >= 0.6 is 0 Å². The SMILES string of the molecule is Cc1cc([C@]2(C)NC(=O)N(CC(=O)N(C)Cc3ccccc3)C2=O)c(C)o1. The smallest absolute Gasteiger partial charge is 0.325 e. The summed E-state index contributed by atoms with van der Waals surface area (Å²) in [6.07, 6.45) is 0. The summed E-state index contributed by atoms with van der Waals surface area (Å²) in [7, 11) is 1.65. The molecule has 3 rings (SSSR count). The number of nitrogens with zero attached hydrogens (tertiary/aromatic N) is 2. The Morgan fingerprint density at radius 2 is 1.89 bits per heavy atom. The summed E-state index contributed by atoms with van der Waals surface area (Å²) in [4.78, 5) is 40.4. The van der Waals surface area contributed by atoms with Crippen molar-refractivity contribution in [2.24, 2.45) is 0 Å². The van der Waals surface area contributed by atoms with E-state index in [1.807, 2.05) is 30.3 Å². The average molecular weight is 369 g/mol. The summed E-state index contributed by atoms with van der Waals surface area (Å²) >= 11 is 0. The van der Waals surface area contributed by atoms with Crippen LogP contribution in [0.4, 0.5) is 4.79 Å². The first-order valence-electron chi connectivity index (χ1n) is 8.72. The molecule has 27 heavy (non-hydrogen) atoms. The number of rotatable bonds is 5. The summed E-state index contributed by atoms with van der Waals surface area (Å²) in [6.45, 7) is 5.25. The van der Waals surface area contributed by atoms with Gasteiger partial charge in [-0.05, 0) is 32.4 Å². The van der Waals surface area contributed by atoms with Crippen molar-refractivity contribution in [1.82, 2.24) is 15.1 Å². The van der Waals surface area contributed by atoms with Gasteiger partial charge < -0.3 is 14.6 Å². The Bertz CT molecular complexity index is 890. The van der Waals surface area contributed by atoms with Crippen LogP contribution in [0.3, 0.4) is 0 Å². The van der Waals surface area contributed by atoms with E-state index in [4.69, 9.17) is 4.42 Å². The molecule has 2 aromatic rings. The molecular weight excluding hydrogens is 346 g/mol. The molecule has 0 saturated carbocycles. The van der Waals surface area contributed by atoms with E-state index in [2.05, 4.69) is 5.32 Å². The zero-order chi connectivity index (χ0) is 19.8. The zero-order valence-electron chi connectivity index (χ0n) is 15.9. The second-order valence-electron chi connectivity index (χ2n) is 7.01. The minimum atomic E-state index is -1.24. The van der Waals surface area contributed by atoms with Crippen LogP contribution in [0, 0.1) is 13.8 Å². The Kier molecular flexibility index (Phi) is 4.78. The fourth-order valence-electron chi connectivity index (χ4n) is 3.35. The number of furan rings is 1. The first-order chi connectivity index (χ1) is 12.7. The van der Waals surface area contributed by atoms with Crippen molar-refractivity contribution in [3.8, 4) is 0 Å². The third-order valence-electron chi connectivity index (χ3n) is 4.84. The zero-order valence-corrected chi connectivity index (χ0v) is 15.9. The van der Waals surface area contributed by atoms with Gasteiger partial charge in [-0.2, -0.15) is 0 Å². The first kappa shape index (κ1) is 18.7. The number of aryl methyl sites for hydroxylation is 2. The summed E-state index contributed by atoms with van der Waals surface area (Å²) in [5.41, 5.74) is 0.336. The van der Waals surface area contributed by atoms with Gasteiger partial charge >= 0.3 is 6.03 Å². The summed E-state index contributed by atoms with van der Waals surface area (Å²) in [5, 5.41) is 2.70. The van der Waals surface area contributed by atoms with Gasteiger partial charge in [-0.3, -0.25) is 14.5 Å². The maximum absolute atomic E-state index is 12.9. The minimum absolute atomic E-state index is 0.306. The maximum Gasteiger partial charge on any atom is 0.325 e. The van der Waals surface area contributed by atoms with Crippen molar-refractivity contribution in [1.29, 1.82) is 0 Å². The van der Waals surface area contributed by atoms with Gasteiger partial charge in [0.2, 0.25) is 5.91 Å². The van der Waals surface area contributed by atoms with Gasteiger partial charge in [-0.1, -0.05) is 30.3 Å². The predicted molar refractivity (Wildman–Crippen MR) is 98.7 cm³/mol. The number of carbonyl (C=O) groups excluding carboxylic acids is 3. The number of likely N-dealkylation sites (N-methyl/N-ethyl adjacent to an activating group) is 1. The van der Waals surface area contributed by atoms with E-state index in [1.54, 1.807) is 33.9 Å². The topological polar surface area (TPSA) is 82.9 Å². The van der Waals surface area contributed by atoms with Gasteiger partial charge in [0.25, 0.3) is 5.91 Å². The number of hydrogen-bond acceptors (Lipinski definition) is 4. The molecule has 1 fully saturated rings. The van der Waals surface area contributed by atoms with Gasteiger partial charge in [-0.15, -0.1) is 0 Å². The van der Waals surface area contributed by atoms with Crippen LogP contribution in [0.25, 0.3) is 0 Å². The highest BCUT2D eigenvalue weighted by atomic mass is 16.3. The molecule has 1 N–H and O–H groups in total. The van der Waals surface area contributed by atoms with Crippen molar-refractivity contribution in [2.45, 2.75) is 32.9 Å². The van der Waals surface area contributed by atoms with Crippen LogP contribution in [0.2, 0.25) is 0 Å². The molecule has 0 radical (unpaired) electrons. The molecule has 2 heterocycles. The van der Waals surface area contributed by atoms with Crippen LogP contribution in [0.5, 0.6) is 0 Å². The molecule has 7 heteroatoms. The summed E-state index contributed by atoms with van der Waals surface area (Å²) in [6, 6.07) is 10.7. The number of nitrogens with one attached hydrogen (secondary N) is 1. The monoisotopic (exact) mass is 369 g/mol. The molecule has 1 aromatic carbocycles. The lowest BCUT2D eigenvalue weighted by atomic mass is 9.92.